The fraction of sp³-hybridized carbons (Fsp3) is 0.333. The van der Waals surface area contributed by atoms with E-state index in [0.29, 0.717) is 17.7 Å². The number of anilines is 1. The number of ether oxygens (including phenoxy) is 1. The van der Waals surface area contributed by atoms with Gasteiger partial charge in [-0.2, -0.15) is 11.3 Å². The van der Waals surface area contributed by atoms with E-state index in [1.165, 1.54) is 5.56 Å². The van der Waals surface area contributed by atoms with Gasteiger partial charge in [-0.1, -0.05) is 0 Å². The minimum Gasteiger partial charge on any atom is -0.494 e. The molecule has 0 fully saturated rings. The molecule has 0 aromatic carbocycles. The number of hydrogen-bond acceptors (Lipinski definition) is 5. The van der Waals surface area contributed by atoms with Crippen LogP contribution < -0.4 is 10.1 Å². The van der Waals surface area contributed by atoms with Gasteiger partial charge in [-0.05, 0) is 35.7 Å². The summed E-state index contributed by atoms with van der Waals surface area (Å²) in [5.41, 5.74) is 1.34. The Hall–Kier alpha value is -1.62. The third kappa shape index (κ3) is 3.42. The molecule has 17 heavy (non-hydrogen) atoms. The number of methoxy groups -OCH3 is 1. The monoisotopic (exact) mass is 249 g/mol. The second-order valence-electron chi connectivity index (χ2n) is 3.83. The van der Waals surface area contributed by atoms with E-state index < -0.39 is 0 Å². The highest BCUT2D eigenvalue weighted by Crippen LogP contribution is 2.12. The van der Waals surface area contributed by atoms with Gasteiger partial charge in [0.05, 0.1) is 19.5 Å². The first-order valence-electron chi connectivity index (χ1n) is 5.41. The van der Waals surface area contributed by atoms with Crippen molar-refractivity contribution in [3.05, 3.63) is 34.8 Å². The van der Waals surface area contributed by atoms with E-state index in [0.717, 1.165) is 6.42 Å². The lowest BCUT2D eigenvalue weighted by Gasteiger charge is -2.12. The molecule has 0 saturated carbocycles. The summed E-state index contributed by atoms with van der Waals surface area (Å²) in [6.07, 6.45) is 4.29. The van der Waals surface area contributed by atoms with Gasteiger partial charge >= 0.3 is 0 Å². The topological polar surface area (TPSA) is 47.0 Å². The summed E-state index contributed by atoms with van der Waals surface area (Å²) in [4.78, 5) is 8.35. The van der Waals surface area contributed by atoms with Gasteiger partial charge in [-0.3, -0.25) is 0 Å². The molecular formula is C12H15N3OS. The summed E-state index contributed by atoms with van der Waals surface area (Å²) in [5, 5.41) is 7.51. The Bertz CT molecular complexity index is 441. The van der Waals surface area contributed by atoms with Crippen molar-refractivity contribution in [1.82, 2.24) is 9.97 Å². The normalized spacial score (nSPS) is 12.1. The fourth-order valence-electron chi connectivity index (χ4n) is 1.53. The number of hydrogen-bond donors (Lipinski definition) is 1. The zero-order valence-corrected chi connectivity index (χ0v) is 10.7. The Kier molecular flexibility index (Phi) is 3.93. The van der Waals surface area contributed by atoms with E-state index in [4.69, 9.17) is 4.74 Å². The first-order chi connectivity index (χ1) is 8.28. The van der Waals surface area contributed by atoms with Crippen LogP contribution in [0.5, 0.6) is 5.75 Å². The van der Waals surface area contributed by atoms with E-state index in [1.807, 2.05) is 0 Å². The average Bonchev–Trinajstić information content (AvgIpc) is 2.82. The maximum absolute atomic E-state index is 5.01. The number of nitrogens with one attached hydrogen (secondary N) is 1. The molecule has 0 amide bonds. The number of thiophene rings is 1. The van der Waals surface area contributed by atoms with Crippen LogP contribution in [0, 0.1) is 0 Å². The lowest BCUT2D eigenvalue weighted by atomic mass is 10.1. The van der Waals surface area contributed by atoms with Crippen molar-refractivity contribution in [3.8, 4) is 5.75 Å². The molecule has 2 aromatic heterocycles. The van der Waals surface area contributed by atoms with Gasteiger partial charge in [0.15, 0.2) is 5.75 Å². The first-order valence-corrected chi connectivity index (χ1v) is 6.36. The van der Waals surface area contributed by atoms with Gasteiger partial charge in [-0.15, -0.1) is 0 Å². The molecule has 0 aliphatic rings. The SMILES string of the molecule is COc1cnc(NC(C)Cc2ccsc2)nc1. The third-order valence-electron chi connectivity index (χ3n) is 2.36. The lowest BCUT2D eigenvalue weighted by molar-refractivity contribution is 0.411. The van der Waals surface area contributed by atoms with E-state index in [2.05, 4.69) is 39.0 Å². The van der Waals surface area contributed by atoms with Crippen molar-refractivity contribution in [1.29, 1.82) is 0 Å². The maximum atomic E-state index is 5.01. The first kappa shape index (κ1) is 11.9. The van der Waals surface area contributed by atoms with Crippen molar-refractivity contribution in [2.75, 3.05) is 12.4 Å². The van der Waals surface area contributed by atoms with Crippen LogP contribution in [-0.4, -0.2) is 23.1 Å². The number of nitrogens with zero attached hydrogens (tertiary/aromatic N) is 2. The van der Waals surface area contributed by atoms with Crippen LogP contribution in [0.15, 0.2) is 29.2 Å². The molecule has 4 nitrogen and oxygen atoms in total. The Labute approximate surface area is 105 Å². The molecule has 1 atom stereocenters. The largest absolute Gasteiger partial charge is 0.494 e. The van der Waals surface area contributed by atoms with E-state index in [1.54, 1.807) is 30.8 Å². The molecule has 2 heterocycles. The van der Waals surface area contributed by atoms with Crippen molar-refractivity contribution in [2.24, 2.45) is 0 Å². The molecule has 5 heteroatoms. The smallest absolute Gasteiger partial charge is 0.223 e. The van der Waals surface area contributed by atoms with Crippen LogP contribution in [-0.2, 0) is 6.42 Å². The van der Waals surface area contributed by atoms with Crippen LogP contribution in [0.1, 0.15) is 12.5 Å². The molecule has 1 N–H and O–H groups in total. The minimum absolute atomic E-state index is 0.304. The quantitative estimate of drug-likeness (QED) is 0.884. The summed E-state index contributed by atoms with van der Waals surface area (Å²) in [6.45, 7) is 2.12. The zero-order chi connectivity index (χ0) is 12.1. The van der Waals surface area contributed by atoms with E-state index in [-0.39, 0.29) is 0 Å². The van der Waals surface area contributed by atoms with Crippen LogP contribution in [0.3, 0.4) is 0 Å². The Morgan fingerprint density at radius 2 is 2.18 bits per heavy atom. The Morgan fingerprint density at radius 1 is 1.41 bits per heavy atom. The van der Waals surface area contributed by atoms with Crippen molar-refractivity contribution < 1.29 is 4.74 Å². The van der Waals surface area contributed by atoms with Crippen LogP contribution in [0.2, 0.25) is 0 Å². The van der Waals surface area contributed by atoms with E-state index >= 15 is 0 Å². The van der Waals surface area contributed by atoms with Gasteiger partial charge in [-0.25, -0.2) is 9.97 Å². The second kappa shape index (κ2) is 5.63. The minimum atomic E-state index is 0.304. The van der Waals surface area contributed by atoms with Crippen LogP contribution >= 0.6 is 11.3 Å². The van der Waals surface area contributed by atoms with Crippen molar-refractivity contribution >= 4 is 17.3 Å². The van der Waals surface area contributed by atoms with Gasteiger partial charge < -0.3 is 10.1 Å². The highest BCUT2D eigenvalue weighted by atomic mass is 32.1. The summed E-state index contributed by atoms with van der Waals surface area (Å²) in [7, 11) is 1.60. The highest BCUT2D eigenvalue weighted by molar-refractivity contribution is 7.07. The predicted octanol–water partition coefficient (Wildman–Crippen LogP) is 2.59. The summed E-state index contributed by atoms with van der Waals surface area (Å²) >= 11 is 1.72. The van der Waals surface area contributed by atoms with Crippen LogP contribution in [0.4, 0.5) is 5.95 Å². The summed E-state index contributed by atoms with van der Waals surface area (Å²) < 4.78 is 5.01. The maximum Gasteiger partial charge on any atom is 0.223 e. The van der Waals surface area contributed by atoms with Gasteiger partial charge in [0.2, 0.25) is 5.95 Å². The average molecular weight is 249 g/mol. The van der Waals surface area contributed by atoms with Gasteiger partial charge in [0.1, 0.15) is 0 Å². The number of rotatable bonds is 5. The molecule has 90 valence electrons. The molecule has 1 unspecified atom stereocenters. The molecule has 0 aliphatic carbocycles. The molecule has 0 spiro atoms. The summed E-state index contributed by atoms with van der Waals surface area (Å²) in [5.74, 6) is 1.30. The van der Waals surface area contributed by atoms with Crippen molar-refractivity contribution in [3.63, 3.8) is 0 Å². The van der Waals surface area contributed by atoms with E-state index in [9.17, 15) is 0 Å². The third-order valence-corrected chi connectivity index (χ3v) is 3.09. The molecule has 0 bridgehead atoms. The fourth-order valence-corrected chi connectivity index (χ4v) is 2.21. The highest BCUT2D eigenvalue weighted by Gasteiger charge is 2.05. The molecule has 0 saturated heterocycles. The Morgan fingerprint density at radius 3 is 2.76 bits per heavy atom. The second-order valence-corrected chi connectivity index (χ2v) is 4.61. The lowest BCUT2D eigenvalue weighted by Crippen LogP contribution is -2.19. The Balaban J connectivity index is 1.91. The van der Waals surface area contributed by atoms with Gasteiger partial charge in [0.25, 0.3) is 0 Å². The van der Waals surface area contributed by atoms with Crippen LogP contribution in [0.25, 0.3) is 0 Å². The number of aromatic nitrogens is 2. The zero-order valence-electron chi connectivity index (χ0n) is 9.88. The standard InChI is InChI=1S/C12H15N3OS/c1-9(5-10-3-4-17-8-10)15-12-13-6-11(16-2)7-14-12/h3-4,6-9H,5H2,1-2H3,(H,13,14,15). The van der Waals surface area contributed by atoms with Gasteiger partial charge in [0, 0.05) is 6.04 Å². The molecular weight excluding hydrogens is 234 g/mol. The summed E-state index contributed by atoms with van der Waals surface area (Å²) in [6, 6.07) is 2.44. The predicted molar refractivity (Wildman–Crippen MR) is 69.7 cm³/mol. The molecule has 2 aromatic rings. The van der Waals surface area contributed by atoms with Crippen molar-refractivity contribution in [2.45, 2.75) is 19.4 Å². The molecule has 2 rings (SSSR count). The molecule has 0 aliphatic heterocycles. The molecule has 0 radical (unpaired) electrons.